The molecule has 0 aromatic rings. The highest BCUT2D eigenvalue weighted by atomic mass is 16.6. The SMILES string of the molecule is CCC(C)C(=O)OC(CC1(C)C(C)CC(O)C2(COC(C)=O)C1CCCC21CO1)C1=CC(=O)OC1. The second-order valence-corrected chi connectivity index (χ2v) is 11.5. The van der Waals surface area contributed by atoms with E-state index in [1.54, 1.807) is 0 Å². The third-order valence-corrected chi connectivity index (χ3v) is 9.64. The third kappa shape index (κ3) is 4.41. The topological polar surface area (TPSA) is 112 Å². The van der Waals surface area contributed by atoms with E-state index < -0.39 is 29.2 Å². The standard InChI is InChI=1S/C27H40O8/c1-6-16(2)24(31)35-20(19-11-23(30)32-13-19)12-25(5)17(3)10-22(29)27(15-33-18(4)28)21(25)8-7-9-26(27)14-34-26/h11,16-17,20-22,29H,6-10,12-15H2,1-5H3. The van der Waals surface area contributed by atoms with E-state index in [0.717, 1.165) is 19.3 Å². The largest absolute Gasteiger partial charge is 0.465 e. The third-order valence-electron chi connectivity index (χ3n) is 9.64. The number of carbonyl (C=O) groups excluding carboxylic acids is 3. The Morgan fingerprint density at radius 2 is 2.06 bits per heavy atom. The molecule has 0 radical (unpaired) electrons. The van der Waals surface area contributed by atoms with Crippen molar-refractivity contribution in [3.63, 3.8) is 0 Å². The second kappa shape index (κ2) is 9.51. The number of cyclic esters (lactones) is 1. The molecule has 0 aromatic heterocycles. The zero-order valence-corrected chi connectivity index (χ0v) is 21.6. The number of fused-ring (bicyclic) bond motifs is 2. The monoisotopic (exact) mass is 492 g/mol. The summed E-state index contributed by atoms with van der Waals surface area (Å²) in [6.07, 6.45) is 4.48. The van der Waals surface area contributed by atoms with Crippen LogP contribution in [0.4, 0.5) is 0 Å². The van der Waals surface area contributed by atoms with Gasteiger partial charge in [-0.2, -0.15) is 0 Å². The molecule has 8 unspecified atom stereocenters. The number of rotatable bonds is 8. The Morgan fingerprint density at radius 3 is 2.63 bits per heavy atom. The minimum Gasteiger partial charge on any atom is -0.465 e. The summed E-state index contributed by atoms with van der Waals surface area (Å²) in [5.41, 5.74) is -0.920. The van der Waals surface area contributed by atoms with Gasteiger partial charge in [0.2, 0.25) is 0 Å². The van der Waals surface area contributed by atoms with Crippen LogP contribution in [0.25, 0.3) is 0 Å². The smallest absolute Gasteiger partial charge is 0.331 e. The van der Waals surface area contributed by atoms with E-state index in [-0.39, 0.29) is 48.3 Å². The second-order valence-electron chi connectivity index (χ2n) is 11.5. The molecule has 35 heavy (non-hydrogen) atoms. The van der Waals surface area contributed by atoms with Gasteiger partial charge in [0.25, 0.3) is 0 Å². The molecule has 2 aliphatic heterocycles. The zero-order chi connectivity index (χ0) is 25.6. The first kappa shape index (κ1) is 26.1. The van der Waals surface area contributed by atoms with Gasteiger partial charge in [-0.3, -0.25) is 9.59 Å². The van der Waals surface area contributed by atoms with Crippen LogP contribution >= 0.6 is 0 Å². The van der Waals surface area contributed by atoms with Crippen molar-refractivity contribution in [1.29, 1.82) is 0 Å². The normalized spacial score (nSPS) is 39.8. The molecule has 2 saturated carbocycles. The van der Waals surface area contributed by atoms with Crippen LogP contribution in [0.3, 0.4) is 0 Å². The number of esters is 3. The van der Waals surface area contributed by atoms with E-state index in [1.165, 1.54) is 13.0 Å². The maximum Gasteiger partial charge on any atom is 0.331 e. The Morgan fingerprint density at radius 1 is 1.34 bits per heavy atom. The van der Waals surface area contributed by atoms with E-state index in [4.69, 9.17) is 18.9 Å². The van der Waals surface area contributed by atoms with Gasteiger partial charge < -0.3 is 24.1 Å². The summed E-state index contributed by atoms with van der Waals surface area (Å²) in [5, 5.41) is 11.5. The average molecular weight is 493 g/mol. The number of aliphatic hydroxyl groups excluding tert-OH is 1. The summed E-state index contributed by atoms with van der Waals surface area (Å²) in [6, 6.07) is 0. The lowest BCUT2D eigenvalue weighted by atomic mass is 9.43. The summed E-state index contributed by atoms with van der Waals surface area (Å²) in [7, 11) is 0. The molecule has 2 aliphatic carbocycles. The van der Waals surface area contributed by atoms with Crippen molar-refractivity contribution in [3.8, 4) is 0 Å². The first-order valence-electron chi connectivity index (χ1n) is 13.0. The lowest BCUT2D eigenvalue weighted by Crippen LogP contribution is -2.66. The minimum atomic E-state index is -0.722. The molecule has 1 spiro atoms. The van der Waals surface area contributed by atoms with Crippen LogP contribution in [0.15, 0.2) is 11.6 Å². The molecule has 0 aromatic carbocycles. The van der Waals surface area contributed by atoms with Crippen molar-refractivity contribution < 1.29 is 38.4 Å². The molecule has 8 heteroatoms. The van der Waals surface area contributed by atoms with Crippen LogP contribution in [0.5, 0.6) is 0 Å². The molecule has 0 bridgehead atoms. The van der Waals surface area contributed by atoms with E-state index in [9.17, 15) is 19.5 Å². The molecule has 196 valence electrons. The summed E-state index contributed by atoms with van der Waals surface area (Å²) in [5.74, 6) is -1.26. The van der Waals surface area contributed by atoms with Gasteiger partial charge in [-0.05, 0) is 49.4 Å². The summed E-state index contributed by atoms with van der Waals surface area (Å²) in [6.45, 7) is 10.3. The van der Waals surface area contributed by atoms with Crippen LogP contribution in [0.1, 0.15) is 73.1 Å². The number of hydrogen-bond donors (Lipinski definition) is 1. The van der Waals surface area contributed by atoms with Crippen molar-refractivity contribution >= 4 is 17.9 Å². The molecular formula is C27H40O8. The van der Waals surface area contributed by atoms with E-state index in [2.05, 4.69) is 13.8 Å². The van der Waals surface area contributed by atoms with Gasteiger partial charge in [-0.25, -0.2) is 4.79 Å². The highest BCUT2D eigenvalue weighted by Gasteiger charge is 2.74. The zero-order valence-electron chi connectivity index (χ0n) is 21.6. The fraction of sp³-hybridized carbons (Fsp3) is 0.815. The van der Waals surface area contributed by atoms with Crippen LogP contribution in [-0.2, 0) is 33.3 Å². The summed E-state index contributed by atoms with van der Waals surface area (Å²) < 4.78 is 22.9. The number of hydrogen-bond acceptors (Lipinski definition) is 8. The number of aliphatic hydroxyl groups is 1. The fourth-order valence-electron chi connectivity index (χ4n) is 7.05. The Labute approximate surface area is 207 Å². The highest BCUT2D eigenvalue weighted by molar-refractivity contribution is 5.85. The Bertz CT molecular complexity index is 892. The molecule has 1 saturated heterocycles. The van der Waals surface area contributed by atoms with Crippen molar-refractivity contribution in [2.75, 3.05) is 19.8 Å². The van der Waals surface area contributed by atoms with Gasteiger partial charge in [0.1, 0.15) is 24.9 Å². The van der Waals surface area contributed by atoms with Crippen molar-refractivity contribution in [2.45, 2.75) is 91.0 Å². The van der Waals surface area contributed by atoms with Crippen LogP contribution < -0.4 is 0 Å². The average Bonchev–Trinajstić information content (AvgIpc) is 3.45. The van der Waals surface area contributed by atoms with Gasteiger partial charge in [0.15, 0.2) is 0 Å². The van der Waals surface area contributed by atoms with E-state index >= 15 is 0 Å². The Kier molecular flexibility index (Phi) is 7.10. The fourth-order valence-corrected chi connectivity index (χ4v) is 7.05. The van der Waals surface area contributed by atoms with Gasteiger partial charge in [0, 0.05) is 18.6 Å². The highest BCUT2D eigenvalue weighted by Crippen LogP contribution is 2.68. The first-order chi connectivity index (χ1) is 16.5. The number of carbonyl (C=O) groups is 3. The Hall–Kier alpha value is -1.93. The lowest BCUT2D eigenvalue weighted by Gasteiger charge is -2.62. The lowest BCUT2D eigenvalue weighted by molar-refractivity contribution is -0.222. The van der Waals surface area contributed by atoms with Gasteiger partial charge >= 0.3 is 17.9 Å². The maximum atomic E-state index is 12.8. The molecular weight excluding hydrogens is 452 g/mol. The summed E-state index contributed by atoms with van der Waals surface area (Å²) in [4.78, 5) is 36.6. The van der Waals surface area contributed by atoms with E-state index in [1.807, 2.05) is 13.8 Å². The van der Waals surface area contributed by atoms with E-state index in [0.29, 0.717) is 31.4 Å². The quantitative estimate of drug-likeness (QED) is 0.312. The molecule has 0 amide bonds. The molecule has 1 N–H and O–H groups in total. The Balaban J connectivity index is 1.71. The number of ether oxygens (including phenoxy) is 4. The van der Waals surface area contributed by atoms with Gasteiger partial charge in [-0.15, -0.1) is 0 Å². The van der Waals surface area contributed by atoms with Crippen LogP contribution in [0, 0.1) is 28.6 Å². The molecule has 8 atom stereocenters. The van der Waals surface area contributed by atoms with Gasteiger partial charge in [-0.1, -0.05) is 34.1 Å². The maximum absolute atomic E-state index is 12.8. The van der Waals surface area contributed by atoms with Crippen LogP contribution in [0.2, 0.25) is 0 Å². The molecule has 8 nitrogen and oxygen atoms in total. The summed E-state index contributed by atoms with van der Waals surface area (Å²) >= 11 is 0. The number of epoxide rings is 1. The minimum absolute atomic E-state index is 0.0206. The van der Waals surface area contributed by atoms with Gasteiger partial charge in [0.05, 0.1) is 24.0 Å². The molecule has 2 heterocycles. The predicted molar refractivity (Wildman–Crippen MR) is 126 cm³/mol. The first-order valence-corrected chi connectivity index (χ1v) is 13.0. The molecule has 3 fully saturated rings. The van der Waals surface area contributed by atoms with Crippen molar-refractivity contribution in [2.24, 2.45) is 28.6 Å². The predicted octanol–water partition coefficient (Wildman–Crippen LogP) is 3.34. The van der Waals surface area contributed by atoms with Crippen molar-refractivity contribution in [1.82, 2.24) is 0 Å². The molecule has 4 rings (SSSR count). The molecule has 4 aliphatic rings. The van der Waals surface area contributed by atoms with Crippen LogP contribution in [-0.4, -0.2) is 60.6 Å². The van der Waals surface area contributed by atoms with Crippen molar-refractivity contribution in [3.05, 3.63) is 11.6 Å².